The molecule has 0 saturated carbocycles. The summed E-state index contributed by atoms with van der Waals surface area (Å²) >= 11 is 0. The predicted octanol–water partition coefficient (Wildman–Crippen LogP) is 1.89. The average molecular weight is 290 g/mol. The van der Waals surface area contributed by atoms with E-state index in [1.807, 2.05) is 13.0 Å². The van der Waals surface area contributed by atoms with E-state index in [4.69, 9.17) is 0 Å². The van der Waals surface area contributed by atoms with Crippen LogP contribution in [0.15, 0.2) is 6.07 Å². The molecule has 6 heteroatoms. The van der Waals surface area contributed by atoms with E-state index in [1.165, 1.54) is 4.90 Å². The minimum Gasteiger partial charge on any atom is -0.370 e. The zero-order valence-corrected chi connectivity index (χ0v) is 13.1. The van der Waals surface area contributed by atoms with Crippen LogP contribution in [0.3, 0.4) is 0 Å². The highest BCUT2D eigenvalue weighted by Crippen LogP contribution is 2.32. The number of carbonyl (C=O) groups is 2. The molecule has 2 heterocycles. The average Bonchev–Trinajstić information content (AvgIpc) is 2.58. The Morgan fingerprint density at radius 2 is 2.05 bits per heavy atom. The molecule has 0 radical (unpaired) electrons. The van der Waals surface area contributed by atoms with Gasteiger partial charge < -0.3 is 5.32 Å². The van der Waals surface area contributed by atoms with Crippen molar-refractivity contribution in [3.63, 3.8) is 0 Å². The van der Waals surface area contributed by atoms with Gasteiger partial charge in [0, 0.05) is 24.7 Å². The predicted molar refractivity (Wildman–Crippen MR) is 79.5 cm³/mol. The summed E-state index contributed by atoms with van der Waals surface area (Å²) in [5, 5.41) is 3.20. The molecule has 2 amide bonds. The van der Waals surface area contributed by atoms with Crippen LogP contribution in [0.1, 0.15) is 45.1 Å². The topological polar surface area (TPSA) is 75.2 Å². The Kier molecular flexibility index (Phi) is 4.25. The van der Waals surface area contributed by atoms with Gasteiger partial charge in [0.05, 0.1) is 12.0 Å². The van der Waals surface area contributed by atoms with Gasteiger partial charge in [-0.2, -0.15) is 0 Å². The quantitative estimate of drug-likeness (QED) is 0.838. The highest BCUT2D eigenvalue weighted by molar-refractivity contribution is 6.05. The summed E-state index contributed by atoms with van der Waals surface area (Å²) in [6.07, 6.45) is 1.24. The first-order valence-electron chi connectivity index (χ1n) is 7.26. The second kappa shape index (κ2) is 5.79. The summed E-state index contributed by atoms with van der Waals surface area (Å²) in [6, 6.07) is 1.86. The molecule has 21 heavy (non-hydrogen) atoms. The third-order valence-electron chi connectivity index (χ3n) is 3.47. The zero-order valence-electron chi connectivity index (χ0n) is 13.1. The summed E-state index contributed by atoms with van der Waals surface area (Å²) in [7, 11) is 0. The van der Waals surface area contributed by atoms with Crippen LogP contribution in [0.25, 0.3) is 0 Å². The van der Waals surface area contributed by atoms with E-state index in [9.17, 15) is 9.59 Å². The molecule has 1 aliphatic rings. The number of imide groups is 1. The standard InChI is InChI=1S/C15H22N4O2/c1-5-6-16-11-7-10(2)17-12(18-11)9-19-13(20)8-15(3,4)14(19)21/h7H,5-6,8-9H2,1-4H3,(H,16,17,18). The molecular weight excluding hydrogens is 268 g/mol. The van der Waals surface area contributed by atoms with Crippen LogP contribution in [-0.4, -0.2) is 33.2 Å². The van der Waals surface area contributed by atoms with Crippen LogP contribution in [0.2, 0.25) is 0 Å². The largest absolute Gasteiger partial charge is 0.370 e. The maximum Gasteiger partial charge on any atom is 0.235 e. The Morgan fingerprint density at radius 1 is 1.33 bits per heavy atom. The fraction of sp³-hybridized carbons (Fsp3) is 0.600. The minimum absolute atomic E-state index is 0.142. The van der Waals surface area contributed by atoms with Crippen LogP contribution in [0.5, 0.6) is 0 Å². The number of aryl methyl sites for hydroxylation is 1. The summed E-state index contributed by atoms with van der Waals surface area (Å²) in [5.74, 6) is 0.921. The molecule has 1 fully saturated rings. The smallest absolute Gasteiger partial charge is 0.235 e. The lowest BCUT2D eigenvalue weighted by Gasteiger charge is -2.17. The number of nitrogens with one attached hydrogen (secondary N) is 1. The van der Waals surface area contributed by atoms with Crippen LogP contribution >= 0.6 is 0 Å². The van der Waals surface area contributed by atoms with Crippen molar-refractivity contribution in [3.05, 3.63) is 17.6 Å². The van der Waals surface area contributed by atoms with E-state index < -0.39 is 5.41 Å². The number of carbonyl (C=O) groups excluding carboxylic acids is 2. The molecule has 0 bridgehead atoms. The number of likely N-dealkylation sites (tertiary alicyclic amines) is 1. The monoisotopic (exact) mass is 290 g/mol. The first-order valence-corrected chi connectivity index (χ1v) is 7.26. The molecule has 0 aliphatic carbocycles. The van der Waals surface area contributed by atoms with E-state index in [2.05, 4.69) is 22.2 Å². The molecule has 0 aromatic carbocycles. The Bertz CT molecular complexity index is 569. The molecule has 1 saturated heterocycles. The van der Waals surface area contributed by atoms with Gasteiger partial charge in [-0.15, -0.1) is 0 Å². The van der Waals surface area contributed by atoms with Crippen LogP contribution in [0.4, 0.5) is 5.82 Å². The fourth-order valence-corrected chi connectivity index (χ4v) is 2.37. The Morgan fingerprint density at radius 3 is 2.62 bits per heavy atom. The van der Waals surface area contributed by atoms with Crippen molar-refractivity contribution in [2.45, 2.75) is 47.1 Å². The molecule has 0 atom stereocenters. The molecule has 114 valence electrons. The van der Waals surface area contributed by atoms with Crippen molar-refractivity contribution in [3.8, 4) is 0 Å². The van der Waals surface area contributed by atoms with Gasteiger partial charge in [0.1, 0.15) is 5.82 Å². The molecule has 6 nitrogen and oxygen atoms in total. The van der Waals surface area contributed by atoms with Crippen molar-refractivity contribution < 1.29 is 9.59 Å². The molecule has 1 aromatic rings. The second-order valence-electron chi connectivity index (χ2n) is 6.08. The highest BCUT2D eigenvalue weighted by atomic mass is 16.2. The SMILES string of the molecule is CCCNc1cc(C)nc(CN2C(=O)CC(C)(C)C2=O)n1. The molecule has 1 aromatic heterocycles. The lowest BCUT2D eigenvalue weighted by molar-refractivity contribution is -0.141. The Labute approximate surface area is 125 Å². The minimum atomic E-state index is -0.621. The Balaban J connectivity index is 2.18. The number of aromatic nitrogens is 2. The molecule has 0 unspecified atom stereocenters. The third kappa shape index (κ3) is 3.37. The first kappa shape index (κ1) is 15.4. The van der Waals surface area contributed by atoms with Gasteiger partial charge in [-0.25, -0.2) is 9.97 Å². The number of amides is 2. The summed E-state index contributed by atoms with van der Waals surface area (Å²) in [5.41, 5.74) is 0.196. The van der Waals surface area contributed by atoms with Crippen molar-refractivity contribution in [1.82, 2.24) is 14.9 Å². The number of anilines is 1. The first-order chi connectivity index (χ1) is 9.83. The number of rotatable bonds is 5. The molecule has 2 rings (SSSR count). The van der Waals surface area contributed by atoms with E-state index >= 15 is 0 Å². The molecule has 1 aliphatic heterocycles. The second-order valence-corrected chi connectivity index (χ2v) is 6.08. The van der Waals surface area contributed by atoms with Crippen molar-refractivity contribution in [1.29, 1.82) is 0 Å². The van der Waals surface area contributed by atoms with Crippen molar-refractivity contribution in [2.75, 3.05) is 11.9 Å². The maximum atomic E-state index is 12.2. The van der Waals surface area contributed by atoms with Crippen molar-refractivity contribution in [2.24, 2.45) is 5.41 Å². The van der Waals surface area contributed by atoms with Crippen molar-refractivity contribution >= 4 is 17.6 Å². The van der Waals surface area contributed by atoms with E-state index in [-0.39, 0.29) is 24.8 Å². The van der Waals surface area contributed by atoms with Gasteiger partial charge in [-0.05, 0) is 13.3 Å². The summed E-state index contributed by atoms with van der Waals surface area (Å²) in [4.78, 5) is 34.2. The zero-order chi connectivity index (χ0) is 15.6. The maximum absolute atomic E-state index is 12.2. The number of nitrogens with zero attached hydrogens (tertiary/aromatic N) is 3. The normalized spacial score (nSPS) is 17.4. The van der Waals surface area contributed by atoms with Crippen LogP contribution in [-0.2, 0) is 16.1 Å². The Hall–Kier alpha value is -1.98. The lowest BCUT2D eigenvalue weighted by atomic mass is 9.92. The molecule has 1 N–H and O–H groups in total. The summed E-state index contributed by atoms with van der Waals surface area (Å²) < 4.78 is 0. The summed E-state index contributed by atoms with van der Waals surface area (Å²) in [6.45, 7) is 8.50. The van der Waals surface area contributed by atoms with Gasteiger partial charge in [0.15, 0.2) is 5.82 Å². The van der Waals surface area contributed by atoms with Crippen LogP contribution < -0.4 is 5.32 Å². The van der Waals surface area contributed by atoms with E-state index in [1.54, 1.807) is 13.8 Å². The fourth-order valence-electron chi connectivity index (χ4n) is 2.37. The highest BCUT2D eigenvalue weighted by Gasteiger charge is 2.44. The van der Waals surface area contributed by atoms with E-state index in [0.29, 0.717) is 5.82 Å². The molecular formula is C15H22N4O2. The van der Waals surface area contributed by atoms with Gasteiger partial charge in [0.2, 0.25) is 11.8 Å². The van der Waals surface area contributed by atoms with Gasteiger partial charge in [-0.3, -0.25) is 14.5 Å². The number of hydrogen-bond donors (Lipinski definition) is 1. The van der Waals surface area contributed by atoms with Gasteiger partial charge in [-0.1, -0.05) is 20.8 Å². The lowest BCUT2D eigenvalue weighted by Crippen LogP contribution is -2.33. The van der Waals surface area contributed by atoms with Gasteiger partial charge >= 0.3 is 0 Å². The third-order valence-corrected chi connectivity index (χ3v) is 3.47. The van der Waals surface area contributed by atoms with Gasteiger partial charge in [0.25, 0.3) is 0 Å². The molecule has 0 spiro atoms. The van der Waals surface area contributed by atoms with Crippen LogP contribution in [0, 0.1) is 12.3 Å². The van der Waals surface area contributed by atoms with E-state index in [0.717, 1.165) is 24.5 Å². The number of hydrogen-bond acceptors (Lipinski definition) is 5.